The SMILES string of the molecule is O=S(=O)(NCc1ccc2cccc(NS(=O)(=O)c3ccc(C(F)(F)F)cc3)c2n1)c1ccccc1. The van der Waals surface area contributed by atoms with Gasteiger partial charge < -0.3 is 0 Å². The number of hydrogen-bond donors (Lipinski definition) is 2. The van der Waals surface area contributed by atoms with E-state index in [1.165, 1.54) is 18.2 Å². The number of aromatic nitrogens is 1. The average molecular weight is 522 g/mol. The standard InChI is InChI=1S/C23H18F3N3O4S2/c24-23(25,26)17-10-13-20(14-11-17)35(32,33)29-21-8-4-5-16-9-12-18(28-22(16)21)15-27-34(30,31)19-6-2-1-3-7-19/h1-14,27,29H,15H2. The minimum absolute atomic E-state index is 0.0887. The van der Waals surface area contributed by atoms with E-state index >= 15 is 0 Å². The van der Waals surface area contributed by atoms with E-state index in [-0.39, 0.29) is 27.5 Å². The van der Waals surface area contributed by atoms with Crippen molar-refractivity contribution in [1.29, 1.82) is 0 Å². The van der Waals surface area contributed by atoms with Crippen LogP contribution in [-0.2, 0) is 32.8 Å². The third-order valence-corrected chi connectivity index (χ3v) is 7.81. The molecule has 0 amide bonds. The Morgan fingerprint density at radius 3 is 2.03 bits per heavy atom. The van der Waals surface area contributed by atoms with Crippen molar-refractivity contribution in [1.82, 2.24) is 9.71 Å². The fraction of sp³-hybridized carbons (Fsp3) is 0.0870. The number of sulfonamides is 2. The molecular formula is C23H18F3N3O4S2. The molecule has 0 fully saturated rings. The second-order valence-corrected chi connectivity index (χ2v) is 10.9. The van der Waals surface area contributed by atoms with Gasteiger partial charge in [-0.15, -0.1) is 0 Å². The van der Waals surface area contributed by atoms with Crippen LogP contribution < -0.4 is 9.44 Å². The van der Waals surface area contributed by atoms with E-state index in [1.807, 2.05) is 0 Å². The molecule has 0 bridgehead atoms. The van der Waals surface area contributed by atoms with Gasteiger partial charge in [0.25, 0.3) is 10.0 Å². The molecule has 4 rings (SSSR count). The van der Waals surface area contributed by atoms with Crippen molar-refractivity contribution in [2.75, 3.05) is 4.72 Å². The van der Waals surface area contributed by atoms with Crippen LogP contribution in [0.15, 0.2) is 94.7 Å². The Morgan fingerprint density at radius 1 is 0.714 bits per heavy atom. The number of nitrogens with zero attached hydrogens (tertiary/aromatic N) is 1. The van der Waals surface area contributed by atoms with Crippen molar-refractivity contribution in [3.05, 3.63) is 96.2 Å². The molecular weight excluding hydrogens is 503 g/mol. The maximum absolute atomic E-state index is 12.8. The lowest BCUT2D eigenvalue weighted by Crippen LogP contribution is -2.23. The van der Waals surface area contributed by atoms with Gasteiger partial charge in [-0.2, -0.15) is 13.2 Å². The summed E-state index contributed by atoms with van der Waals surface area (Å²) in [6.45, 7) is -0.146. The number of alkyl halides is 3. The van der Waals surface area contributed by atoms with E-state index in [0.29, 0.717) is 23.2 Å². The minimum Gasteiger partial charge on any atom is -0.277 e. The van der Waals surface area contributed by atoms with Crippen LogP contribution in [0, 0.1) is 0 Å². The Hall–Kier alpha value is -3.48. The summed E-state index contributed by atoms with van der Waals surface area (Å²) < 4.78 is 93.7. The fourth-order valence-corrected chi connectivity index (χ4v) is 5.33. The molecule has 182 valence electrons. The topological polar surface area (TPSA) is 105 Å². The largest absolute Gasteiger partial charge is 0.416 e. The molecule has 0 saturated carbocycles. The highest BCUT2D eigenvalue weighted by Crippen LogP contribution is 2.30. The van der Waals surface area contributed by atoms with Crippen molar-refractivity contribution in [2.45, 2.75) is 22.5 Å². The molecule has 35 heavy (non-hydrogen) atoms. The van der Waals surface area contributed by atoms with Gasteiger partial charge in [0.15, 0.2) is 0 Å². The summed E-state index contributed by atoms with van der Waals surface area (Å²) in [7, 11) is -8.00. The molecule has 2 N–H and O–H groups in total. The Morgan fingerprint density at radius 2 is 1.37 bits per heavy atom. The first-order chi connectivity index (χ1) is 16.5. The highest BCUT2D eigenvalue weighted by molar-refractivity contribution is 7.92. The van der Waals surface area contributed by atoms with Crippen LogP contribution in [0.5, 0.6) is 0 Å². The Balaban J connectivity index is 1.60. The lowest BCUT2D eigenvalue weighted by atomic mass is 10.2. The van der Waals surface area contributed by atoms with Crippen LogP contribution in [0.3, 0.4) is 0 Å². The van der Waals surface area contributed by atoms with Gasteiger partial charge in [-0.05, 0) is 48.5 Å². The van der Waals surface area contributed by atoms with Crippen LogP contribution in [0.1, 0.15) is 11.3 Å². The number of halogens is 3. The molecule has 3 aromatic carbocycles. The van der Waals surface area contributed by atoms with E-state index in [4.69, 9.17) is 0 Å². The van der Waals surface area contributed by atoms with Crippen LogP contribution in [0.2, 0.25) is 0 Å². The molecule has 0 radical (unpaired) electrons. The van der Waals surface area contributed by atoms with Gasteiger partial charge in [-0.1, -0.05) is 36.4 Å². The summed E-state index contributed by atoms with van der Waals surface area (Å²) in [5.74, 6) is 0. The predicted octanol–water partition coefficient (Wildman–Crippen LogP) is 4.53. The molecule has 0 spiro atoms. The molecule has 1 aromatic heterocycles. The highest BCUT2D eigenvalue weighted by Gasteiger charge is 2.30. The van der Waals surface area contributed by atoms with Crippen LogP contribution in [0.4, 0.5) is 18.9 Å². The zero-order valence-corrected chi connectivity index (χ0v) is 19.5. The quantitative estimate of drug-likeness (QED) is 0.372. The summed E-state index contributed by atoms with van der Waals surface area (Å²) in [5, 5.41) is 0.576. The fourth-order valence-electron chi connectivity index (χ4n) is 3.25. The van der Waals surface area contributed by atoms with Crippen molar-refractivity contribution >= 4 is 36.6 Å². The summed E-state index contributed by atoms with van der Waals surface area (Å²) in [6.07, 6.45) is -4.59. The number of para-hydroxylation sites is 1. The van der Waals surface area contributed by atoms with Gasteiger partial charge in [0.2, 0.25) is 10.0 Å². The monoisotopic (exact) mass is 521 g/mol. The maximum atomic E-state index is 12.8. The molecule has 7 nitrogen and oxygen atoms in total. The smallest absolute Gasteiger partial charge is 0.277 e. The summed E-state index contributed by atoms with van der Waals surface area (Å²) in [6, 6.07) is 18.9. The van der Waals surface area contributed by atoms with Gasteiger partial charge in [0, 0.05) is 5.39 Å². The van der Waals surface area contributed by atoms with Crippen molar-refractivity contribution in [3.63, 3.8) is 0 Å². The molecule has 0 aliphatic heterocycles. The van der Waals surface area contributed by atoms with Crippen molar-refractivity contribution in [3.8, 4) is 0 Å². The number of pyridine rings is 1. The van der Waals surface area contributed by atoms with Gasteiger partial charge >= 0.3 is 6.18 Å². The molecule has 0 saturated heterocycles. The Bertz CT molecular complexity index is 1570. The zero-order chi connectivity index (χ0) is 25.3. The Labute approximate surface area is 199 Å². The predicted molar refractivity (Wildman–Crippen MR) is 124 cm³/mol. The van der Waals surface area contributed by atoms with E-state index < -0.39 is 31.8 Å². The minimum atomic E-state index is -4.59. The molecule has 12 heteroatoms. The van der Waals surface area contributed by atoms with Crippen LogP contribution in [0.25, 0.3) is 10.9 Å². The number of benzene rings is 3. The molecule has 4 aromatic rings. The third kappa shape index (κ3) is 5.61. The molecule has 0 unspecified atom stereocenters. The summed E-state index contributed by atoms with van der Waals surface area (Å²) in [5.41, 5.74) is -0.293. The first-order valence-electron chi connectivity index (χ1n) is 10.1. The number of fused-ring (bicyclic) bond motifs is 1. The van der Waals surface area contributed by atoms with E-state index in [2.05, 4.69) is 14.4 Å². The Kier molecular flexibility index (Phi) is 6.54. The first-order valence-corrected chi connectivity index (χ1v) is 13.1. The van der Waals surface area contributed by atoms with Gasteiger partial charge in [-0.3, -0.25) is 4.72 Å². The summed E-state index contributed by atoms with van der Waals surface area (Å²) in [4.78, 5) is 4.13. The molecule has 0 aliphatic carbocycles. The lowest BCUT2D eigenvalue weighted by Gasteiger charge is -2.12. The van der Waals surface area contributed by atoms with Crippen LogP contribution in [-0.4, -0.2) is 21.8 Å². The second kappa shape index (κ2) is 9.29. The van der Waals surface area contributed by atoms with Crippen molar-refractivity contribution in [2.24, 2.45) is 0 Å². The molecule has 1 heterocycles. The average Bonchev–Trinajstić information content (AvgIpc) is 2.83. The third-order valence-electron chi connectivity index (χ3n) is 5.01. The van der Waals surface area contributed by atoms with E-state index in [1.54, 1.807) is 42.5 Å². The van der Waals surface area contributed by atoms with E-state index in [0.717, 1.165) is 12.1 Å². The number of rotatable bonds is 7. The lowest BCUT2D eigenvalue weighted by molar-refractivity contribution is -0.137. The number of anilines is 1. The zero-order valence-electron chi connectivity index (χ0n) is 17.8. The van der Waals surface area contributed by atoms with Gasteiger partial charge in [0.1, 0.15) is 0 Å². The summed E-state index contributed by atoms with van der Waals surface area (Å²) >= 11 is 0. The van der Waals surface area contributed by atoms with Crippen LogP contribution >= 0.6 is 0 Å². The van der Waals surface area contributed by atoms with Gasteiger partial charge in [0.05, 0.1) is 38.8 Å². The highest BCUT2D eigenvalue weighted by atomic mass is 32.2. The van der Waals surface area contributed by atoms with E-state index in [9.17, 15) is 30.0 Å². The molecule has 0 atom stereocenters. The molecule has 0 aliphatic rings. The van der Waals surface area contributed by atoms with Gasteiger partial charge in [-0.25, -0.2) is 26.5 Å². The van der Waals surface area contributed by atoms with Crippen molar-refractivity contribution < 1.29 is 30.0 Å². The second-order valence-electron chi connectivity index (χ2n) is 7.45. The maximum Gasteiger partial charge on any atom is 0.416 e. The first kappa shape index (κ1) is 24.6. The normalized spacial score (nSPS) is 12.5. The number of nitrogens with one attached hydrogen (secondary N) is 2. The number of hydrogen-bond acceptors (Lipinski definition) is 5.